The van der Waals surface area contributed by atoms with E-state index in [1.807, 2.05) is 11.3 Å². The predicted octanol–water partition coefficient (Wildman–Crippen LogP) is 3.80. The number of hydrogen-bond acceptors (Lipinski definition) is 2. The number of thiophene rings is 1. The third kappa shape index (κ3) is 2.86. The molecular formula is C14H23NS. The zero-order valence-corrected chi connectivity index (χ0v) is 11.4. The fourth-order valence-electron chi connectivity index (χ4n) is 2.80. The minimum atomic E-state index is 0.808. The molecule has 2 heteroatoms. The van der Waals surface area contributed by atoms with E-state index in [1.165, 1.54) is 30.8 Å². The Balaban J connectivity index is 2.10. The highest BCUT2D eigenvalue weighted by Crippen LogP contribution is 2.37. The van der Waals surface area contributed by atoms with Crippen LogP contribution in [-0.2, 0) is 0 Å². The summed E-state index contributed by atoms with van der Waals surface area (Å²) in [7, 11) is 0. The van der Waals surface area contributed by atoms with E-state index in [4.69, 9.17) is 0 Å². The van der Waals surface area contributed by atoms with E-state index >= 15 is 0 Å². The Kier molecular flexibility index (Phi) is 4.04. The number of rotatable bonds is 3. The SMILES string of the molecule is Cc1ccc(C2CCNCC2CC(C)C)s1. The molecule has 1 fully saturated rings. The second-order valence-electron chi connectivity index (χ2n) is 5.44. The van der Waals surface area contributed by atoms with E-state index in [0.717, 1.165) is 17.8 Å². The molecule has 2 heterocycles. The Bertz CT molecular complexity index is 329. The Morgan fingerprint density at radius 2 is 2.25 bits per heavy atom. The van der Waals surface area contributed by atoms with E-state index in [9.17, 15) is 0 Å². The molecule has 1 aliphatic heterocycles. The first-order chi connectivity index (χ1) is 7.66. The van der Waals surface area contributed by atoms with Gasteiger partial charge in [0, 0.05) is 9.75 Å². The van der Waals surface area contributed by atoms with Crippen molar-refractivity contribution in [2.45, 2.75) is 39.5 Å². The van der Waals surface area contributed by atoms with Crippen LogP contribution in [0.2, 0.25) is 0 Å². The maximum Gasteiger partial charge on any atom is 0.00827 e. The lowest BCUT2D eigenvalue weighted by molar-refractivity contribution is 0.283. The monoisotopic (exact) mass is 237 g/mol. The van der Waals surface area contributed by atoms with Gasteiger partial charge in [0.1, 0.15) is 0 Å². The van der Waals surface area contributed by atoms with Crippen LogP contribution in [0.1, 0.15) is 42.4 Å². The average Bonchev–Trinajstić information content (AvgIpc) is 2.65. The van der Waals surface area contributed by atoms with Crippen LogP contribution >= 0.6 is 11.3 Å². The summed E-state index contributed by atoms with van der Waals surface area (Å²) in [5, 5.41) is 3.55. The molecule has 1 N–H and O–H groups in total. The first kappa shape index (κ1) is 12.1. The normalized spacial score (nSPS) is 26.2. The molecule has 1 aromatic heterocycles. The molecule has 2 rings (SSSR count). The van der Waals surface area contributed by atoms with Crippen molar-refractivity contribution >= 4 is 11.3 Å². The molecule has 2 atom stereocenters. The van der Waals surface area contributed by atoms with Gasteiger partial charge < -0.3 is 5.32 Å². The van der Waals surface area contributed by atoms with Crippen LogP contribution in [0.3, 0.4) is 0 Å². The maximum atomic E-state index is 3.55. The molecule has 0 spiro atoms. The van der Waals surface area contributed by atoms with Crippen molar-refractivity contribution in [3.8, 4) is 0 Å². The van der Waals surface area contributed by atoms with Gasteiger partial charge >= 0.3 is 0 Å². The van der Waals surface area contributed by atoms with Crippen LogP contribution in [0.25, 0.3) is 0 Å². The van der Waals surface area contributed by atoms with Crippen LogP contribution in [-0.4, -0.2) is 13.1 Å². The smallest absolute Gasteiger partial charge is 0.00827 e. The number of nitrogens with one attached hydrogen (secondary N) is 1. The molecule has 1 aliphatic rings. The van der Waals surface area contributed by atoms with Gasteiger partial charge in [-0.3, -0.25) is 0 Å². The summed E-state index contributed by atoms with van der Waals surface area (Å²) >= 11 is 2.00. The van der Waals surface area contributed by atoms with Crippen LogP contribution < -0.4 is 5.32 Å². The zero-order chi connectivity index (χ0) is 11.5. The maximum absolute atomic E-state index is 3.55. The number of aryl methyl sites for hydroxylation is 1. The van der Waals surface area contributed by atoms with Crippen molar-refractivity contribution < 1.29 is 0 Å². The average molecular weight is 237 g/mol. The Labute approximate surface area is 103 Å². The fraction of sp³-hybridized carbons (Fsp3) is 0.714. The van der Waals surface area contributed by atoms with Gasteiger partial charge in [-0.25, -0.2) is 0 Å². The highest BCUT2D eigenvalue weighted by atomic mass is 32.1. The zero-order valence-electron chi connectivity index (χ0n) is 10.6. The van der Waals surface area contributed by atoms with Crippen LogP contribution in [0.15, 0.2) is 12.1 Å². The molecule has 0 radical (unpaired) electrons. The molecule has 1 aromatic rings. The molecular weight excluding hydrogens is 214 g/mol. The van der Waals surface area contributed by atoms with Gasteiger partial charge in [-0.05, 0) is 62.7 Å². The van der Waals surface area contributed by atoms with Crippen molar-refractivity contribution in [3.63, 3.8) is 0 Å². The van der Waals surface area contributed by atoms with Crippen molar-refractivity contribution in [2.75, 3.05) is 13.1 Å². The highest BCUT2D eigenvalue weighted by molar-refractivity contribution is 7.12. The minimum Gasteiger partial charge on any atom is -0.316 e. The fourth-order valence-corrected chi connectivity index (χ4v) is 3.91. The largest absolute Gasteiger partial charge is 0.316 e. The van der Waals surface area contributed by atoms with Gasteiger partial charge in [-0.1, -0.05) is 13.8 Å². The second-order valence-corrected chi connectivity index (χ2v) is 6.76. The molecule has 0 bridgehead atoms. The molecule has 2 unspecified atom stereocenters. The number of hydrogen-bond donors (Lipinski definition) is 1. The first-order valence-corrected chi connectivity index (χ1v) is 7.25. The lowest BCUT2D eigenvalue weighted by Gasteiger charge is -2.32. The van der Waals surface area contributed by atoms with Crippen LogP contribution in [0.4, 0.5) is 0 Å². The van der Waals surface area contributed by atoms with Crippen molar-refractivity contribution in [1.29, 1.82) is 0 Å². The van der Waals surface area contributed by atoms with Crippen molar-refractivity contribution in [2.24, 2.45) is 11.8 Å². The van der Waals surface area contributed by atoms with E-state index in [1.54, 1.807) is 4.88 Å². The highest BCUT2D eigenvalue weighted by Gasteiger charge is 2.27. The van der Waals surface area contributed by atoms with Gasteiger partial charge in [-0.2, -0.15) is 0 Å². The van der Waals surface area contributed by atoms with Gasteiger partial charge in [-0.15, -0.1) is 11.3 Å². The molecule has 1 nitrogen and oxygen atoms in total. The topological polar surface area (TPSA) is 12.0 Å². The summed E-state index contributed by atoms with van der Waals surface area (Å²) in [6.45, 7) is 9.29. The molecule has 1 saturated heterocycles. The molecule has 0 aromatic carbocycles. The molecule has 16 heavy (non-hydrogen) atoms. The lowest BCUT2D eigenvalue weighted by atomic mass is 9.80. The van der Waals surface area contributed by atoms with Crippen LogP contribution in [0, 0.1) is 18.8 Å². The van der Waals surface area contributed by atoms with E-state index < -0.39 is 0 Å². The van der Waals surface area contributed by atoms with Gasteiger partial charge in [0.2, 0.25) is 0 Å². The first-order valence-electron chi connectivity index (χ1n) is 6.44. The third-order valence-corrected chi connectivity index (χ3v) is 4.64. The van der Waals surface area contributed by atoms with Crippen molar-refractivity contribution in [1.82, 2.24) is 5.32 Å². The predicted molar refractivity (Wildman–Crippen MR) is 72.2 cm³/mol. The van der Waals surface area contributed by atoms with Gasteiger partial charge in [0.05, 0.1) is 0 Å². The summed E-state index contributed by atoms with van der Waals surface area (Å²) in [5.74, 6) is 2.46. The third-order valence-electron chi connectivity index (χ3n) is 3.51. The second kappa shape index (κ2) is 5.33. The van der Waals surface area contributed by atoms with E-state index in [2.05, 4.69) is 38.2 Å². The lowest BCUT2D eigenvalue weighted by Crippen LogP contribution is -2.35. The Morgan fingerprint density at radius 1 is 1.44 bits per heavy atom. The minimum absolute atomic E-state index is 0.808. The standard InChI is InChI=1S/C14H23NS/c1-10(2)8-12-9-15-7-6-13(12)14-5-4-11(3)16-14/h4-5,10,12-13,15H,6-9H2,1-3H3. The quantitative estimate of drug-likeness (QED) is 0.843. The molecule has 0 amide bonds. The number of piperidine rings is 1. The van der Waals surface area contributed by atoms with E-state index in [-0.39, 0.29) is 0 Å². The summed E-state index contributed by atoms with van der Waals surface area (Å²) in [5.41, 5.74) is 0. The summed E-state index contributed by atoms with van der Waals surface area (Å²) < 4.78 is 0. The summed E-state index contributed by atoms with van der Waals surface area (Å²) in [6.07, 6.45) is 2.67. The van der Waals surface area contributed by atoms with Gasteiger partial charge in [0.25, 0.3) is 0 Å². The summed E-state index contributed by atoms with van der Waals surface area (Å²) in [6, 6.07) is 4.62. The van der Waals surface area contributed by atoms with Crippen molar-refractivity contribution in [3.05, 3.63) is 21.9 Å². The summed E-state index contributed by atoms with van der Waals surface area (Å²) in [4.78, 5) is 3.07. The van der Waals surface area contributed by atoms with E-state index in [0.29, 0.717) is 0 Å². The molecule has 90 valence electrons. The molecule has 0 saturated carbocycles. The Hall–Kier alpha value is -0.340. The van der Waals surface area contributed by atoms with Gasteiger partial charge in [0.15, 0.2) is 0 Å². The van der Waals surface area contributed by atoms with Crippen LogP contribution in [0.5, 0.6) is 0 Å². The molecule has 0 aliphatic carbocycles. The Morgan fingerprint density at radius 3 is 2.88 bits per heavy atom.